The number of carbonyl (C=O) groups excluding carboxylic acids is 1. The Morgan fingerprint density at radius 2 is 1.24 bits per heavy atom. The SMILES string of the molecule is CCCCCCCCCCCC/C=C/C(O)C(COC1OC(CO)C(OC2OC(CO)C(O)C(O)C2O)C(O)C1O)NC(=O)CCCCCC. The summed E-state index contributed by atoms with van der Waals surface area (Å²) in [5, 5.41) is 85.6. The van der Waals surface area contributed by atoms with Crippen LogP contribution >= 0.6 is 0 Å². The molecule has 2 rings (SSSR count). The number of hydrogen-bond donors (Lipinski definition) is 9. The third-order valence-electron chi connectivity index (χ3n) is 9.47. The molecular weight excluding hydrogens is 654 g/mol. The van der Waals surface area contributed by atoms with Crippen molar-refractivity contribution in [1.82, 2.24) is 5.32 Å². The fraction of sp³-hybridized carbons (Fsp3) is 0.917. The van der Waals surface area contributed by atoms with Gasteiger partial charge in [-0.25, -0.2) is 0 Å². The number of allylic oxidation sites excluding steroid dienone is 1. The van der Waals surface area contributed by atoms with Gasteiger partial charge >= 0.3 is 0 Å². The van der Waals surface area contributed by atoms with Crippen molar-refractivity contribution in [1.29, 1.82) is 0 Å². The summed E-state index contributed by atoms with van der Waals surface area (Å²) in [4.78, 5) is 12.8. The van der Waals surface area contributed by atoms with E-state index >= 15 is 0 Å². The highest BCUT2D eigenvalue weighted by atomic mass is 16.7. The molecule has 9 N–H and O–H groups in total. The highest BCUT2D eigenvalue weighted by Crippen LogP contribution is 2.29. The predicted octanol–water partition coefficient (Wildman–Crippen LogP) is 1.31. The van der Waals surface area contributed by atoms with Crippen LogP contribution in [0.2, 0.25) is 0 Å². The summed E-state index contributed by atoms with van der Waals surface area (Å²) < 4.78 is 22.4. The molecule has 0 aromatic heterocycles. The lowest BCUT2D eigenvalue weighted by Gasteiger charge is -2.46. The van der Waals surface area contributed by atoms with Gasteiger partial charge in [-0.2, -0.15) is 0 Å². The second kappa shape index (κ2) is 25.7. The van der Waals surface area contributed by atoms with Gasteiger partial charge in [0, 0.05) is 6.42 Å². The van der Waals surface area contributed by atoms with E-state index < -0.39 is 86.8 Å². The van der Waals surface area contributed by atoms with E-state index in [9.17, 15) is 45.6 Å². The van der Waals surface area contributed by atoms with Gasteiger partial charge < -0.3 is 65.1 Å². The molecule has 2 aliphatic heterocycles. The number of nitrogens with one attached hydrogen (secondary N) is 1. The Labute approximate surface area is 297 Å². The molecule has 294 valence electrons. The van der Waals surface area contributed by atoms with Crippen molar-refractivity contribution >= 4 is 5.91 Å². The Morgan fingerprint density at radius 3 is 1.84 bits per heavy atom. The maximum absolute atomic E-state index is 12.8. The summed E-state index contributed by atoms with van der Waals surface area (Å²) in [5.74, 6) is -0.261. The monoisotopic (exact) mass is 721 g/mol. The minimum Gasteiger partial charge on any atom is -0.394 e. The number of aliphatic hydroxyl groups is 8. The van der Waals surface area contributed by atoms with Crippen molar-refractivity contribution in [3.05, 3.63) is 12.2 Å². The van der Waals surface area contributed by atoms with E-state index in [0.717, 1.165) is 38.5 Å². The molecule has 2 aliphatic rings. The van der Waals surface area contributed by atoms with Crippen LogP contribution in [0.5, 0.6) is 0 Å². The van der Waals surface area contributed by atoms with E-state index in [4.69, 9.17) is 18.9 Å². The molecule has 0 saturated carbocycles. The topological polar surface area (TPSA) is 228 Å². The number of rotatable bonds is 26. The quantitative estimate of drug-likeness (QED) is 0.0454. The molecule has 12 atom stereocenters. The smallest absolute Gasteiger partial charge is 0.220 e. The van der Waals surface area contributed by atoms with E-state index in [0.29, 0.717) is 6.42 Å². The van der Waals surface area contributed by atoms with Gasteiger partial charge in [-0.05, 0) is 19.3 Å². The summed E-state index contributed by atoms with van der Waals surface area (Å²) in [7, 11) is 0. The zero-order valence-electron chi connectivity index (χ0n) is 30.1. The molecule has 0 aliphatic carbocycles. The van der Waals surface area contributed by atoms with Crippen LogP contribution in [-0.2, 0) is 23.7 Å². The molecule has 12 unspecified atom stereocenters. The van der Waals surface area contributed by atoms with Gasteiger partial charge in [0.1, 0.15) is 48.8 Å². The first-order chi connectivity index (χ1) is 24.1. The Kier molecular flexibility index (Phi) is 23.0. The number of unbranched alkanes of at least 4 members (excludes halogenated alkanes) is 13. The van der Waals surface area contributed by atoms with E-state index in [1.807, 2.05) is 6.08 Å². The summed E-state index contributed by atoms with van der Waals surface area (Å²) >= 11 is 0. The van der Waals surface area contributed by atoms with Crippen molar-refractivity contribution in [2.45, 2.75) is 190 Å². The summed E-state index contributed by atoms with van der Waals surface area (Å²) in [5.41, 5.74) is 0. The molecule has 14 heteroatoms. The van der Waals surface area contributed by atoms with Gasteiger partial charge in [0.15, 0.2) is 12.6 Å². The zero-order chi connectivity index (χ0) is 36.9. The van der Waals surface area contributed by atoms with Crippen LogP contribution in [0.4, 0.5) is 0 Å². The molecule has 2 saturated heterocycles. The molecule has 0 aromatic carbocycles. The van der Waals surface area contributed by atoms with Crippen molar-refractivity contribution in [2.75, 3.05) is 19.8 Å². The lowest BCUT2D eigenvalue weighted by atomic mass is 9.97. The number of carbonyl (C=O) groups is 1. The summed E-state index contributed by atoms with van der Waals surface area (Å²) in [6.07, 6.45) is 3.48. The van der Waals surface area contributed by atoms with Crippen LogP contribution in [0, 0.1) is 0 Å². The van der Waals surface area contributed by atoms with E-state index in [1.54, 1.807) is 6.08 Å². The molecule has 2 fully saturated rings. The van der Waals surface area contributed by atoms with E-state index in [1.165, 1.54) is 51.4 Å². The average Bonchev–Trinajstić information content (AvgIpc) is 3.11. The molecule has 0 radical (unpaired) electrons. The third kappa shape index (κ3) is 15.4. The molecule has 0 aromatic rings. The summed E-state index contributed by atoms with van der Waals surface area (Å²) in [6, 6.07) is -0.902. The highest BCUT2D eigenvalue weighted by molar-refractivity contribution is 5.76. The maximum Gasteiger partial charge on any atom is 0.220 e. The van der Waals surface area contributed by atoms with Crippen LogP contribution in [-0.4, -0.2) is 140 Å². The van der Waals surface area contributed by atoms with Crippen LogP contribution in [0.3, 0.4) is 0 Å². The second-order valence-corrected chi connectivity index (χ2v) is 13.7. The van der Waals surface area contributed by atoms with E-state index in [2.05, 4.69) is 19.2 Å². The first kappa shape index (κ1) is 44.9. The number of aliphatic hydroxyl groups excluding tert-OH is 8. The molecule has 1 amide bonds. The van der Waals surface area contributed by atoms with Crippen molar-refractivity contribution in [3.8, 4) is 0 Å². The van der Waals surface area contributed by atoms with Gasteiger partial charge in [0.05, 0.1) is 32.0 Å². The highest BCUT2D eigenvalue weighted by Gasteiger charge is 2.50. The standard InChI is InChI=1S/C36H67NO13/c1-3-5-7-9-10-11-12-13-14-15-16-17-19-25(40)24(37-28(41)20-18-8-6-4-2)23-47-35-33(46)31(44)34(27(22-39)49-35)50-36-32(45)30(43)29(42)26(21-38)48-36/h17,19,24-27,29-36,38-40,42-46H,3-16,18,20-23H2,1-2H3,(H,37,41)/b19-17+. The van der Waals surface area contributed by atoms with Gasteiger partial charge in [-0.3, -0.25) is 4.79 Å². The zero-order valence-corrected chi connectivity index (χ0v) is 30.1. The van der Waals surface area contributed by atoms with Crippen LogP contribution in [0.25, 0.3) is 0 Å². The molecule has 0 spiro atoms. The molecule has 0 bridgehead atoms. The van der Waals surface area contributed by atoms with Crippen LogP contribution in [0.15, 0.2) is 12.2 Å². The number of hydrogen-bond acceptors (Lipinski definition) is 13. The second-order valence-electron chi connectivity index (χ2n) is 13.7. The maximum atomic E-state index is 12.8. The Bertz CT molecular complexity index is 909. The lowest BCUT2D eigenvalue weighted by Crippen LogP contribution is -2.65. The fourth-order valence-electron chi connectivity index (χ4n) is 6.23. The Balaban J connectivity index is 1.95. The fourth-order valence-corrected chi connectivity index (χ4v) is 6.23. The third-order valence-corrected chi connectivity index (χ3v) is 9.47. The Morgan fingerprint density at radius 1 is 0.700 bits per heavy atom. The summed E-state index contributed by atoms with van der Waals surface area (Å²) in [6.45, 7) is 2.59. The molecular formula is C36H67NO13. The lowest BCUT2D eigenvalue weighted by molar-refractivity contribution is -0.359. The van der Waals surface area contributed by atoms with Crippen LogP contribution < -0.4 is 5.32 Å². The van der Waals surface area contributed by atoms with Crippen molar-refractivity contribution in [2.24, 2.45) is 0 Å². The predicted molar refractivity (Wildman–Crippen MR) is 185 cm³/mol. The minimum absolute atomic E-state index is 0.261. The largest absolute Gasteiger partial charge is 0.394 e. The molecule has 50 heavy (non-hydrogen) atoms. The van der Waals surface area contributed by atoms with Crippen molar-refractivity contribution in [3.63, 3.8) is 0 Å². The minimum atomic E-state index is -1.78. The number of amides is 1. The van der Waals surface area contributed by atoms with Gasteiger partial charge in [-0.1, -0.05) is 103 Å². The van der Waals surface area contributed by atoms with Crippen molar-refractivity contribution < 1.29 is 64.6 Å². The molecule has 14 nitrogen and oxygen atoms in total. The van der Waals surface area contributed by atoms with E-state index in [-0.39, 0.29) is 18.9 Å². The van der Waals surface area contributed by atoms with Gasteiger partial charge in [0.2, 0.25) is 5.91 Å². The first-order valence-electron chi connectivity index (χ1n) is 18.9. The first-order valence-corrected chi connectivity index (χ1v) is 18.9. The van der Waals surface area contributed by atoms with Gasteiger partial charge in [-0.15, -0.1) is 0 Å². The van der Waals surface area contributed by atoms with Crippen LogP contribution in [0.1, 0.15) is 117 Å². The van der Waals surface area contributed by atoms with Gasteiger partial charge in [0.25, 0.3) is 0 Å². The average molecular weight is 722 g/mol. The normalized spacial score (nSPS) is 31.6. The Hall–Kier alpha value is -1.27. The number of ether oxygens (including phenoxy) is 4. The molecule has 2 heterocycles.